The topological polar surface area (TPSA) is 83.5 Å². The van der Waals surface area contributed by atoms with Crippen molar-refractivity contribution >= 4 is 5.97 Å². The van der Waals surface area contributed by atoms with Crippen molar-refractivity contribution in [1.82, 2.24) is 0 Å². The number of hydrogen-bond acceptors (Lipinski definition) is 7. The van der Waals surface area contributed by atoms with E-state index in [9.17, 15) is 9.90 Å². The van der Waals surface area contributed by atoms with Crippen LogP contribution in [0.1, 0.15) is 13.3 Å². The summed E-state index contributed by atoms with van der Waals surface area (Å²) in [5.74, 6) is -1.61. The number of aliphatic hydroxyl groups is 1. The lowest BCUT2D eigenvalue weighted by Crippen LogP contribution is -2.42. The van der Waals surface area contributed by atoms with Crippen molar-refractivity contribution in [1.29, 1.82) is 0 Å². The normalized spacial score (nSPS) is 35.6. The predicted molar refractivity (Wildman–Crippen MR) is 72.5 cm³/mol. The molecule has 122 valence electrons. The fraction of sp³-hybridized carbons (Fsp3) is 0.667. The van der Waals surface area contributed by atoms with Crippen molar-refractivity contribution in [3.63, 3.8) is 0 Å². The molecular weight excluding hydrogens is 292 g/mol. The molecule has 0 saturated heterocycles. The van der Waals surface area contributed by atoms with E-state index >= 15 is 0 Å². The summed E-state index contributed by atoms with van der Waals surface area (Å²) >= 11 is 0. The number of aliphatic hydroxyl groups excluding tert-OH is 1. The average Bonchev–Trinajstić information content (AvgIpc) is 3.23. The molecule has 1 N–H and O–H groups in total. The molecule has 3 rings (SSSR count). The van der Waals surface area contributed by atoms with E-state index in [4.69, 9.17) is 23.7 Å². The summed E-state index contributed by atoms with van der Waals surface area (Å²) < 4.78 is 26.5. The first-order chi connectivity index (χ1) is 10.6. The molecule has 1 saturated carbocycles. The third kappa shape index (κ3) is 2.49. The van der Waals surface area contributed by atoms with Gasteiger partial charge >= 0.3 is 5.97 Å². The number of carbonyl (C=O) groups is 1. The van der Waals surface area contributed by atoms with E-state index in [1.165, 1.54) is 32.2 Å². The highest BCUT2D eigenvalue weighted by molar-refractivity contribution is 5.73. The van der Waals surface area contributed by atoms with Crippen LogP contribution < -0.4 is 0 Å². The van der Waals surface area contributed by atoms with Crippen molar-refractivity contribution in [2.24, 2.45) is 23.7 Å². The molecular formula is C15H20O7. The van der Waals surface area contributed by atoms with Crippen LogP contribution in [0, 0.1) is 23.7 Å². The molecule has 3 aliphatic rings. The first-order valence-corrected chi connectivity index (χ1v) is 7.31. The fourth-order valence-electron chi connectivity index (χ4n) is 3.61. The molecule has 0 aromatic rings. The summed E-state index contributed by atoms with van der Waals surface area (Å²) in [4.78, 5) is 12.3. The maximum absolute atomic E-state index is 12.3. The maximum atomic E-state index is 12.3. The van der Waals surface area contributed by atoms with Crippen molar-refractivity contribution in [3.05, 3.63) is 25.0 Å². The van der Waals surface area contributed by atoms with Crippen LogP contribution in [-0.2, 0) is 28.5 Å². The van der Waals surface area contributed by atoms with Gasteiger partial charge < -0.3 is 28.8 Å². The minimum absolute atomic E-state index is 0.0866. The van der Waals surface area contributed by atoms with Crippen LogP contribution in [0.15, 0.2) is 25.0 Å². The minimum atomic E-state index is -0.758. The second-order valence-electron chi connectivity index (χ2n) is 5.78. The van der Waals surface area contributed by atoms with Gasteiger partial charge in [-0.2, -0.15) is 0 Å². The number of hydrogen-bond donors (Lipinski definition) is 1. The highest BCUT2D eigenvalue weighted by Crippen LogP contribution is 2.47. The number of carbonyl (C=O) groups excluding carboxylic acids is 1. The Balaban J connectivity index is 1.85. The Hall–Kier alpha value is -1.89. The van der Waals surface area contributed by atoms with Crippen molar-refractivity contribution < 1.29 is 33.6 Å². The molecule has 22 heavy (non-hydrogen) atoms. The van der Waals surface area contributed by atoms with Crippen LogP contribution in [-0.4, -0.2) is 36.9 Å². The summed E-state index contributed by atoms with van der Waals surface area (Å²) in [5.41, 5.74) is 0. The summed E-state index contributed by atoms with van der Waals surface area (Å²) in [7, 11) is 1.33. The second-order valence-corrected chi connectivity index (χ2v) is 5.78. The molecule has 1 aliphatic carbocycles. The summed E-state index contributed by atoms with van der Waals surface area (Å²) in [5, 5.41) is 10.3. The Bertz CT molecular complexity index is 459. The predicted octanol–water partition coefficient (Wildman–Crippen LogP) is 1.10. The second kappa shape index (κ2) is 6.08. The molecule has 1 fully saturated rings. The molecule has 0 radical (unpaired) electrons. The van der Waals surface area contributed by atoms with Gasteiger partial charge in [-0.1, -0.05) is 6.92 Å². The van der Waals surface area contributed by atoms with Gasteiger partial charge in [0.1, 0.15) is 31.0 Å². The van der Waals surface area contributed by atoms with Gasteiger partial charge in [0.25, 0.3) is 6.29 Å². The van der Waals surface area contributed by atoms with Gasteiger partial charge in [0.05, 0.1) is 13.2 Å². The minimum Gasteiger partial charge on any atom is -0.469 e. The first kappa shape index (κ1) is 15.0. The Labute approximate surface area is 128 Å². The highest BCUT2D eigenvalue weighted by Gasteiger charge is 2.54. The third-order valence-corrected chi connectivity index (χ3v) is 4.73. The molecule has 2 aliphatic heterocycles. The lowest BCUT2D eigenvalue weighted by Gasteiger charge is -2.32. The molecule has 5 atom stereocenters. The SMILES string of the molecule is COC(=O)C(C1OC=CO1)[C@H]1C[C@H](O)[C@H](C)[C@H]1C1OC=CO1. The van der Waals surface area contributed by atoms with E-state index in [0.29, 0.717) is 6.42 Å². The zero-order chi connectivity index (χ0) is 15.7. The maximum Gasteiger partial charge on any atom is 0.316 e. The number of esters is 1. The van der Waals surface area contributed by atoms with Gasteiger partial charge in [0.15, 0.2) is 0 Å². The lowest BCUT2D eigenvalue weighted by molar-refractivity contribution is -0.172. The van der Waals surface area contributed by atoms with Crippen molar-refractivity contribution in [3.8, 4) is 0 Å². The Morgan fingerprint density at radius 3 is 2.36 bits per heavy atom. The van der Waals surface area contributed by atoms with E-state index in [2.05, 4.69) is 0 Å². The lowest BCUT2D eigenvalue weighted by atomic mass is 9.80. The van der Waals surface area contributed by atoms with Gasteiger partial charge in [0.2, 0.25) is 6.29 Å². The van der Waals surface area contributed by atoms with Crippen molar-refractivity contribution in [2.75, 3.05) is 7.11 Å². The fourth-order valence-corrected chi connectivity index (χ4v) is 3.61. The van der Waals surface area contributed by atoms with Gasteiger partial charge in [-0.05, 0) is 18.3 Å². The number of methoxy groups -OCH3 is 1. The van der Waals surface area contributed by atoms with Crippen LogP contribution in [0.5, 0.6) is 0 Å². The molecule has 0 spiro atoms. The zero-order valence-corrected chi connectivity index (χ0v) is 12.5. The van der Waals surface area contributed by atoms with E-state index in [1.807, 2.05) is 6.92 Å². The van der Waals surface area contributed by atoms with Crippen LogP contribution >= 0.6 is 0 Å². The van der Waals surface area contributed by atoms with Gasteiger partial charge in [-0.25, -0.2) is 0 Å². The standard InChI is InChI=1S/C15H20O7/c1-8-10(16)7-9(11(8)14-19-3-4-20-14)12(13(17)18-2)15-21-5-6-22-15/h3-6,8-12,14-16H,7H2,1-2H3/t8-,9-,10-,11+,12?/m0/s1. The highest BCUT2D eigenvalue weighted by atomic mass is 16.7. The molecule has 7 nitrogen and oxygen atoms in total. The Morgan fingerprint density at radius 2 is 1.77 bits per heavy atom. The smallest absolute Gasteiger partial charge is 0.316 e. The largest absolute Gasteiger partial charge is 0.469 e. The van der Waals surface area contributed by atoms with E-state index < -0.39 is 30.6 Å². The Kier molecular flexibility index (Phi) is 4.15. The molecule has 7 heteroatoms. The average molecular weight is 312 g/mol. The quantitative estimate of drug-likeness (QED) is 0.778. The van der Waals surface area contributed by atoms with Gasteiger partial charge in [-0.15, -0.1) is 0 Å². The van der Waals surface area contributed by atoms with E-state index in [0.717, 1.165) is 0 Å². The zero-order valence-electron chi connectivity index (χ0n) is 12.5. The van der Waals surface area contributed by atoms with Crippen LogP contribution in [0.2, 0.25) is 0 Å². The van der Waals surface area contributed by atoms with Crippen molar-refractivity contribution in [2.45, 2.75) is 32.0 Å². The first-order valence-electron chi connectivity index (χ1n) is 7.31. The summed E-state index contributed by atoms with van der Waals surface area (Å²) in [6.45, 7) is 1.92. The van der Waals surface area contributed by atoms with Gasteiger partial charge in [-0.3, -0.25) is 4.79 Å². The molecule has 0 amide bonds. The van der Waals surface area contributed by atoms with E-state index in [1.54, 1.807) is 0 Å². The van der Waals surface area contributed by atoms with Crippen LogP contribution in [0.25, 0.3) is 0 Å². The van der Waals surface area contributed by atoms with E-state index in [-0.39, 0.29) is 17.8 Å². The van der Waals surface area contributed by atoms with Gasteiger partial charge in [0, 0.05) is 5.92 Å². The molecule has 0 aromatic carbocycles. The van der Waals surface area contributed by atoms with Crippen LogP contribution in [0.4, 0.5) is 0 Å². The summed E-state index contributed by atoms with van der Waals surface area (Å²) in [6, 6.07) is 0. The van der Waals surface area contributed by atoms with Crippen LogP contribution in [0.3, 0.4) is 0 Å². The molecule has 1 unspecified atom stereocenters. The molecule has 0 bridgehead atoms. The Morgan fingerprint density at radius 1 is 1.18 bits per heavy atom. The molecule has 2 heterocycles. The number of rotatable bonds is 4. The number of ether oxygens (including phenoxy) is 5. The third-order valence-electron chi connectivity index (χ3n) is 4.73. The molecule has 0 aromatic heterocycles. The monoisotopic (exact) mass is 312 g/mol. The summed E-state index contributed by atoms with van der Waals surface area (Å²) in [6.07, 6.45) is 4.32.